The van der Waals surface area contributed by atoms with Gasteiger partial charge in [0.1, 0.15) is 10.8 Å². The molecule has 2 amide bonds. The third-order valence-corrected chi connectivity index (χ3v) is 9.18. The van der Waals surface area contributed by atoms with Crippen LogP contribution in [0.5, 0.6) is 5.75 Å². The quantitative estimate of drug-likeness (QED) is 0.196. The van der Waals surface area contributed by atoms with Gasteiger partial charge >= 0.3 is 0 Å². The van der Waals surface area contributed by atoms with Crippen molar-refractivity contribution in [3.05, 3.63) is 117 Å². The summed E-state index contributed by atoms with van der Waals surface area (Å²) in [5.74, 6) is 0.325. The number of likely N-dealkylation sites (tertiary alicyclic amines) is 1. The van der Waals surface area contributed by atoms with E-state index in [0.29, 0.717) is 24.1 Å². The molecule has 0 saturated carbocycles. The van der Waals surface area contributed by atoms with E-state index in [0.717, 1.165) is 40.4 Å². The summed E-state index contributed by atoms with van der Waals surface area (Å²) in [5, 5.41) is 20.7. The summed E-state index contributed by atoms with van der Waals surface area (Å²) in [5.41, 5.74) is 3.83. The molecular weight excluding hydrogens is 572 g/mol. The summed E-state index contributed by atoms with van der Waals surface area (Å²) in [6.45, 7) is 4.91. The molecule has 4 aromatic rings. The van der Waals surface area contributed by atoms with Gasteiger partial charge in [-0.05, 0) is 74.6 Å². The van der Waals surface area contributed by atoms with E-state index >= 15 is 0 Å². The molecule has 1 aliphatic heterocycles. The lowest BCUT2D eigenvalue weighted by Gasteiger charge is -2.27. The maximum Gasteiger partial charge on any atom is 0.254 e. The van der Waals surface area contributed by atoms with Gasteiger partial charge in [-0.3, -0.25) is 9.59 Å². The first kappa shape index (κ1) is 31.4. The molecule has 0 bridgehead atoms. The Balaban J connectivity index is 1.28. The van der Waals surface area contributed by atoms with E-state index < -0.39 is 12.1 Å². The fourth-order valence-electron chi connectivity index (χ4n) is 5.62. The number of aliphatic hydroxyl groups excluding tert-OH is 1. The molecule has 1 saturated heterocycles. The van der Waals surface area contributed by atoms with Gasteiger partial charge in [0.25, 0.3) is 11.8 Å². The number of hydrogen-bond acceptors (Lipinski definition) is 7. The van der Waals surface area contributed by atoms with Crippen molar-refractivity contribution in [1.82, 2.24) is 20.5 Å². The number of amides is 2. The lowest BCUT2D eigenvalue weighted by atomic mass is 9.99. The number of carbonyl (C=O) groups is 2. The van der Waals surface area contributed by atoms with E-state index in [9.17, 15) is 14.7 Å². The van der Waals surface area contributed by atoms with E-state index in [-0.39, 0.29) is 30.4 Å². The number of aryl methyl sites for hydroxylation is 1. The molecular formula is C35H40N4O4S. The summed E-state index contributed by atoms with van der Waals surface area (Å²) in [7, 11) is 1.63. The molecule has 0 radical (unpaired) electrons. The zero-order valence-electron chi connectivity index (χ0n) is 25.4. The second kappa shape index (κ2) is 14.6. The van der Waals surface area contributed by atoms with Gasteiger partial charge in [-0.1, -0.05) is 48.5 Å². The number of aromatic nitrogens is 1. The average molecular weight is 613 g/mol. The number of benzene rings is 3. The largest absolute Gasteiger partial charge is 0.497 e. The summed E-state index contributed by atoms with van der Waals surface area (Å²) >= 11 is 1.58. The predicted octanol–water partition coefficient (Wildman–Crippen LogP) is 5.49. The second-order valence-corrected chi connectivity index (χ2v) is 12.2. The van der Waals surface area contributed by atoms with E-state index in [1.165, 1.54) is 0 Å². The van der Waals surface area contributed by atoms with Crippen LogP contribution in [-0.4, -0.2) is 59.1 Å². The normalized spacial score (nSPS) is 16.7. The molecule has 3 N–H and O–H groups in total. The SMILES string of the molecule is COc1cccc([C@H](C)NC[C@@H](O)[C@H](Cc2ccccc2)NC(=O)c2cccc(C(=O)N3CCC[C@@H]3c3nc(C)cs3)c2)c1. The van der Waals surface area contributed by atoms with Crippen LogP contribution in [0.25, 0.3) is 0 Å². The molecule has 8 nitrogen and oxygen atoms in total. The highest BCUT2D eigenvalue weighted by Gasteiger charge is 2.33. The molecule has 0 unspecified atom stereocenters. The Hall–Kier alpha value is -4.05. The first-order chi connectivity index (χ1) is 21.3. The van der Waals surface area contributed by atoms with Gasteiger partial charge in [-0.15, -0.1) is 11.3 Å². The van der Waals surface area contributed by atoms with Crippen LogP contribution in [0.15, 0.2) is 84.2 Å². The fourth-order valence-corrected chi connectivity index (χ4v) is 6.57. The van der Waals surface area contributed by atoms with E-state index in [1.807, 2.05) is 78.7 Å². The zero-order valence-corrected chi connectivity index (χ0v) is 26.2. The van der Waals surface area contributed by atoms with Crippen LogP contribution < -0.4 is 15.4 Å². The molecule has 5 rings (SSSR count). The monoisotopic (exact) mass is 612 g/mol. The highest BCUT2D eigenvalue weighted by molar-refractivity contribution is 7.09. The predicted molar refractivity (Wildman–Crippen MR) is 173 cm³/mol. The molecule has 230 valence electrons. The molecule has 1 aliphatic rings. The number of aliphatic hydroxyl groups is 1. The maximum atomic E-state index is 13.6. The minimum Gasteiger partial charge on any atom is -0.497 e. The Labute approximate surface area is 263 Å². The van der Waals surface area contributed by atoms with E-state index in [2.05, 4.69) is 15.6 Å². The third kappa shape index (κ3) is 7.72. The number of nitrogens with zero attached hydrogens (tertiary/aromatic N) is 2. The highest BCUT2D eigenvalue weighted by Crippen LogP contribution is 2.34. The van der Waals surface area contributed by atoms with Gasteiger partial charge in [-0.2, -0.15) is 0 Å². The second-order valence-electron chi connectivity index (χ2n) is 11.3. The summed E-state index contributed by atoms with van der Waals surface area (Å²) in [4.78, 5) is 33.7. The molecule has 2 heterocycles. The Morgan fingerprint density at radius 1 is 1.07 bits per heavy atom. The van der Waals surface area contributed by atoms with Crippen molar-refractivity contribution in [2.45, 2.75) is 57.3 Å². The lowest BCUT2D eigenvalue weighted by Crippen LogP contribution is -2.49. The molecule has 3 aromatic carbocycles. The minimum absolute atomic E-state index is 0.0433. The maximum absolute atomic E-state index is 13.6. The van der Waals surface area contributed by atoms with Gasteiger partial charge in [0.15, 0.2) is 0 Å². The van der Waals surface area contributed by atoms with Crippen LogP contribution in [0.2, 0.25) is 0 Å². The van der Waals surface area contributed by atoms with Crippen molar-refractivity contribution in [2.24, 2.45) is 0 Å². The lowest BCUT2D eigenvalue weighted by molar-refractivity contribution is 0.0735. The van der Waals surface area contributed by atoms with Gasteiger partial charge in [0, 0.05) is 41.3 Å². The van der Waals surface area contributed by atoms with E-state index in [4.69, 9.17) is 4.74 Å². The minimum atomic E-state index is -0.871. The molecule has 0 spiro atoms. The topological polar surface area (TPSA) is 104 Å². The van der Waals surface area contributed by atoms with Crippen molar-refractivity contribution in [2.75, 3.05) is 20.2 Å². The van der Waals surface area contributed by atoms with Gasteiger partial charge in [0.2, 0.25) is 0 Å². The molecule has 4 atom stereocenters. The molecule has 9 heteroatoms. The average Bonchev–Trinajstić information content (AvgIpc) is 3.72. The summed E-state index contributed by atoms with van der Waals surface area (Å²) in [6.07, 6.45) is 1.37. The van der Waals surface area contributed by atoms with Crippen molar-refractivity contribution in [3.63, 3.8) is 0 Å². The first-order valence-electron chi connectivity index (χ1n) is 15.1. The van der Waals surface area contributed by atoms with Crippen LogP contribution in [0.1, 0.15) is 74.4 Å². The molecule has 1 fully saturated rings. The number of hydrogen-bond donors (Lipinski definition) is 3. The molecule has 0 aliphatic carbocycles. The summed E-state index contributed by atoms with van der Waals surface area (Å²) < 4.78 is 5.35. The first-order valence-corrected chi connectivity index (χ1v) is 15.9. The number of methoxy groups -OCH3 is 1. The molecule has 44 heavy (non-hydrogen) atoms. The number of ether oxygens (including phenoxy) is 1. The van der Waals surface area contributed by atoms with Crippen molar-refractivity contribution in [3.8, 4) is 5.75 Å². The number of nitrogens with one attached hydrogen (secondary N) is 2. The third-order valence-electron chi connectivity index (χ3n) is 8.11. The number of carbonyl (C=O) groups excluding carboxylic acids is 2. The fraction of sp³-hybridized carbons (Fsp3) is 0.343. The highest BCUT2D eigenvalue weighted by atomic mass is 32.1. The van der Waals surface area contributed by atoms with Gasteiger partial charge in [0.05, 0.1) is 25.3 Å². The van der Waals surface area contributed by atoms with Gasteiger partial charge < -0.3 is 25.4 Å². The standard InChI is InChI=1S/C35H40N4O4S/c1-23-22-44-34(37-23)31-16-9-17-39(31)35(42)28-14-7-13-27(19-28)33(41)38-30(18-25-10-5-4-6-11-25)32(40)21-36-24(2)26-12-8-15-29(20-26)43-3/h4-8,10-15,19-20,22,24,30-32,36,40H,9,16-18,21H2,1-3H3,(H,38,41)/t24-,30-,31+,32+/m0/s1. The van der Waals surface area contributed by atoms with E-state index in [1.54, 1.807) is 42.7 Å². The van der Waals surface area contributed by atoms with Crippen LogP contribution >= 0.6 is 11.3 Å². The Morgan fingerprint density at radius 2 is 1.84 bits per heavy atom. The zero-order chi connectivity index (χ0) is 31.1. The number of rotatable bonds is 12. The van der Waals surface area contributed by atoms with Gasteiger partial charge in [-0.25, -0.2) is 4.98 Å². The van der Waals surface area contributed by atoms with Crippen molar-refractivity contribution >= 4 is 23.2 Å². The molecule has 1 aromatic heterocycles. The van der Waals surface area contributed by atoms with Crippen LogP contribution in [0.3, 0.4) is 0 Å². The van der Waals surface area contributed by atoms with Crippen LogP contribution in [0.4, 0.5) is 0 Å². The van der Waals surface area contributed by atoms with Crippen LogP contribution in [-0.2, 0) is 6.42 Å². The number of thiazole rings is 1. The van der Waals surface area contributed by atoms with Crippen LogP contribution in [0, 0.1) is 6.92 Å². The van der Waals surface area contributed by atoms with Crippen molar-refractivity contribution in [1.29, 1.82) is 0 Å². The van der Waals surface area contributed by atoms with Crippen molar-refractivity contribution < 1.29 is 19.4 Å². The Morgan fingerprint density at radius 3 is 2.59 bits per heavy atom. The Bertz CT molecular complexity index is 1560. The Kier molecular flexibility index (Phi) is 10.4. The summed E-state index contributed by atoms with van der Waals surface area (Å²) in [6, 6.07) is 23.8. The smallest absolute Gasteiger partial charge is 0.254 e.